The van der Waals surface area contributed by atoms with Crippen LogP contribution in [0, 0.1) is 5.82 Å². The maximum atomic E-state index is 13.6. The van der Waals surface area contributed by atoms with Crippen molar-refractivity contribution in [3.8, 4) is 0 Å². The second kappa shape index (κ2) is 4.07. The number of halogens is 1. The average molecular weight is 249 g/mol. The summed E-state index contributed by atoms with van der Waals surface area (Å²) in [5.74, 6) is 0.0839. The van der Waals surface area contributed by atoms with Crippen molar-refractivity contribution in [2.45, 2.75) is 18.4 Å². The zero-order valence-corrected chi connectivity index (χ0v) is 10.3. The fourth-order valence-corrected chi connectivity index (χ4v) is 2.70. The Morgan fingerprint density at radius 3 is 3.00 bits per heavy atom. The molecule has 0 aliphatic carbocycles. The van der Waals surface area contributed by atoms with E-state index in [0.29, 0.717) is 24.1 Å². The van der Waals surface area contributed by atoms with Crippen LogP contribution in [0.1, 0.15) is 18.6 Å². The van der Waals surface area contributed by atoms with Gasteiger partial charge in [-0.1, -0.05) is 12.1 Å². The number of fused-ring (bicyclic) bond motifs is 1. The Balaban J connectivity index is 2.06. The minimum atomic E-state index is -1.00. The first-order valence-electron chi connectivity index (χ1n) is 6.18. The maximum absolute atomic E-state index is 13.6. The third-order valence-electron chi connectivity index (χ3n) is 3.62. The SMILES string of the molecule is CN1CCCC(O)(c2cc3cccc(F)c3o2)C1. The normalized spacial score (nSPS) is 25.7. The van der Waals surface area contributed by atoms with Crippen molar-refractivity contribution in [1.29, 1.82) is 0 Å². The fourth-order valence-electron chi connectivity index (χ4n) is 2.70. The van der Waals surface area contributed by atoms with E-state index in [2.05, 4.69) is 4.90 Å². The van der Waals surface area contributed by atoms with Gasteiger partial charge in [-0.3, -0.25) is 0 Å². The van der Waals surface area contributed by atoms with Gasteiger partial charge in [0.15, 0.2) is 11.4 Å². The maximum Gasteiger partial charge on any atom is 0.170 e. The summed E-state index contributed by atoms with van der Waals surface area (Å²) in [6.07, 6.45) is 1.56. The first-order valence-corrected chi connectivity index (χ1v) is 6.18. The van der Waals surface area contributed by atoms with Crippen LogP contribution in [0.5, 0.6) is 0 Å². The molecule has 1 N–H and O–H groups in total. The third-order valence-corrected chi connectivity index (χ3v) is 3.62. The molecule has 3 nitrogen and oxygen atoms in total. The highest BCUT2D eigenvalue weighted by Gasteiger charge is 2.37. The molecule has 2 aromatic rings. The molecule has 0 saturated carbocycles. The van der Waals surface area contributed by atoms with Crippen molar-refractivity contribution in [2.24, 2.45) is 0 Å². The van der Waals surface area contributed by atoms with Gasteiger partial charge >= 0.3 is 0 Å². The van der Waals surface area contributed by atoms with Gasteiger partial charge in [-0.15, -0.1) is 0 Å². The molecule has 1 aromatic heterocycles. The smallest absolute Gasteiger partial charge is 0.170 e. The molecule has 96 valence electrons. The van der Waals surface area contributed by atoms with E-state index in [1.54, 1.807) is 18.2 Å². The Labute approximate surface area is 105 Å². The van der Waals surface area contributed by atoms with Crippen LogP contribution in [0.25, 0.3) is 11.0 Å². The fraction of sp³-hybridized carbons (Fsp3) is 0.429. The van der Waals surface area contributed by atoms with Crippen molar-refractivity contribution in [3.63, 3.8) is 0 Å². The molecule has 2 heterocycles. The number of nitrogens with zero attached hydrogens (tertiary/aromatic N) is 1. The van der Waals surface area contributed by atoms with Crippen molar-refractivity contribution >= 4 is 11.0 Å². The van der Waals surface area contributed by atoms with Gasteiger partial charge in [-0.05, 0) is 38.6 Å². The molecule has 1 saturated heterocycles. The largest absolute Gasteiger partial charge is 0.455 e. The standard InChI is InChI=1S/C14H16FNO2/c1-16-7-3-6-14(17,9-16)12-8-10-4-2-5-11(15)13(10)18-12/h2,4-5,8,17H,3,6-7,9H2,1H3. The average Bonchev–Trinajstić information content (AvgIpc) is 2.75. The number of benzene rings is 1. The highest BCUT2D eigenvalue weighted by molar-refractivity contribution is 5.78. The number of hydrogen-bond acceptors (Lipinski definition) is 3. The van der Waals surface area contributed by atoms with E-state index < -0.39 is 5.60 Å². The third kappa shape index (κ3) is 1.82. The number of likely N-dealkylation sites (N-methyl/N-ethyl adjacent to an activating group) is 1. The summed E-state index contributed by atoms with van der Waals surface area (Å²) in [7, 11) is 1.97. The molecule has 0 bridgehead atoms. The van der Waals surface area contributed by atoms with Gasteiger partial charge < -0.3 is 14.4 Å². The number of para-hydroxylation sites is 1. The van der Waals surface area contributed by atoms with Crippen LogP contribution in [-0.4, -0.2) is 30.1 Å². The van der Waals surface area contributed by atoms with Crippen LogP contribution >= 0.6 is 0 Å². The van der Waals surface area contributed by atoms with Crippen molar-refractivity contribution in [1.82, 2.24) is 4.90 Å². The zero-order chi connectivity index (χ0) is 12.8. The number of piperidine rings is 1. The van der Waals surface area contributed by atoms with Gasteiger partial charge in [0.05, 0.1) is 0 Å². The second-order valence-corrected chi connectivity index (χ2v) is 5.14. The number of furan rings is 1. The summed E-state index contributed by atoms with van der Waals surface area (Å²) in [6, 6.07) is 6.56. The molecule has 0 spiro atoms. The Hall–Kier alpha value is -1.39. The minimum Gasteiger partial charge on any atom is -0.455 e. The molecule has 1 aliphatic rings. The molecule has 1 atom stereocenters. The zero-order valence-electron chi connectivity index (χ0n) is 10.3. The van der Waals surface area contributed by atoms with Gasteiger partial charge in [0.2, 0.25) is 0 Å². The van der Waals surface area contributed by atoms with Crippen LogP contribution in [0.4, 0.5) is 4.39 Å². The number of likely N-dealkylation sites (tertiary alicyclic amines) is 1. The van der Waals surface area contributed by atoms with Gasteiger partial charge in [0, 0.05) is 11.9 Å². The lowest BCUT2D eigenvalue weighted by atomic mass is 9.90. The number of aliphatic hydroxyl groups is 1. The van der Waals surface area contributed by atoms with Crippen molar-refractivity contribution in [2.75, 3.05) is 20.1 Å². The lowest BCUT2D eigenvalue weighted by molar-refractivity contribution is -0.0430. The molecule has 1 unspecified atom stereocenters. The summed E-state index contributed by atoms with van der Waals surface area (Å²) in [5.41, 5.74) is -0.771. The van der Waals surface area contributed by atoms with E-state index >= 15 is 0 Å². The molecular formula is C14H16FNO2. The summed E-state index contributed by atoms with van der Waals surface area (Å²) >= 11 is 0. The quantitative estimate of drug-likeness (QED) is 0.843. The van der Waals surface area contributed by atoms with Crippen molar-refractivity contribution < 1.29 is 13.9 Å². The highest BCUT2D eigenvalue weighted by Crippen LogP contribution is 2.35. The minimum absolute atomic E-state index is 0.231. The molecule has 4 heteroatoms. The first-order chi connectivity index (χ1) is 8.58. The summed E-state index contributed by atoms with van der Waals surface area (Å²) in [5, 5.41) is 11.3. The first kappa shape index (κ1) is 11.7. The Kier molecular flexibility index (Phi) is 2.64. The van der Waals surface area contributed by atoms with Gasteiger partial charge in [-0.2, -0.15) is 0 Å². The molecular weight excluding hydrogens is 233 g/mol. The van der Waals surface area contributed by atoms with Crippen LogP contribution in [0.2, 0.25) is 0 Å². The molecule has 1 aliphatic heterocycles. The predicted octanol–water partition coefficient (Wildman–Crippen LogP) is 2.49. The van der Waals surface area contributed by atoms with E-state index in [1.807, 2.05) is 7.05 Å². The number of rotatable bonds is 1. The second-order valence-electron chi connectivity index (χ2n) is 5.14. The number of β-amino-alcohol motifs (C(OH)–C–C–N with tert-alkyl or cyclic N) is 1. The Bertz CT molecular complexity index is 580. The van der Waals surface area contributed by atoms with Crippen LogP contribution in [0.3, 0.4) is 0 Å². The molecule has 3 rings (SSSR count). The van der Waals surface area contributed by atoms with E-state index in [-0.39, 0.29) is 11.4 Å². The number of hydrogen-bond donors (Lipinski definition) is 1. The summed E-state index contributed by atoms with van der Waals surface area (Å²) < 4.78 is 19.1. The topological polar surface area (TPSA) is 36.6 Å². The van der Waals surface area contributed by atoms with Crippen molar-refractivity contribution in [3.05, 3.63) is 35.8 Å². The van der Waals surface area contributed by atoms with E-state index in [1.165, 1.54) is 6.07 Å². The van der Waals surface area contributed by atoms with E-state index in [0.717, 1.165) is 13.0 Å². The Morgan fingerprint density at radius 2 is 2.28 bits per heavy atom. The monoisotopic (exact) mass is 249 g/mol. The molecule has 0 radical (unpaired) electrons. The van der Waals surface area contributed by atoms with Gasteiger partial charge in [0.1, 0.15) is 11.4 Å². The summed E-state index contributed by atoms with van der Waals surface area (Å²) in [4.78, 5) is 2.06. The van der Waals surface area contributed by atoms with Crippen LogP contribution in [0.15, 0.2) is 28.7 Å². The summed E-state index contributed by atoms with van der Waals surface area (Å²) in [6.45, 7) is 1.49. The van der Waals surface area contributed by atoms with Crippen LogP contribution < -0.4 is 0 Å². The van der Waals surface area contributed by atoms with Gasteiger partial charge in [0.25, 0.3) is 0 Å². The van der Waals surface area contributed by atoms with E-state index in [4.69, 9.17) is 4.42 Å². The molecule has 0 amide bonds. The van der Waals surface area contributed by atoms with E-state index in [9.17, 15) is 9.50 Å². The van der Waals surface area contributed by atoms with Gasteiger partial charge in [-0.25, -0.2) is 4.39 Å². The lowest BCUT2D eigenvalue weighted by Gasteiger charge is -2.35. The molecule has 1 fully saturated rings. The lowest BCUT2D eigenvalue weighted by Crippen LogP contribution is -2.43. The van der Waals surface area contributed by atoms with Crippen LogP contribution in [-0.2, 0) is 5.60 Å². The Morgan fingerprint density at radius 1 is 1.44 bits per heavy atom. The molecule has 18 heavy (non-hydrogen) atoms. The molecule has 1 aromatic carbocycles. The highest BCUT2D eigenvalue weighted by atomic mass is 19.1. The predicted molar refractivity (Wildman–Crippen MR) is 66.8 cm³/mol.